The Morgan fingerprint density at radius 3 is 2.76 bits per heavy atom. The van der Waals surface area contributed by atoms with Crippen molar-refractivity contribution in [2.75, 3.05) is 7.05 Å². The molecular formula is C16H13N7O2. The fourth-order valence-corrected chi connectivity index (χ4v) is 2.50. The van der Waals surface area contributed by atoms with Crippen molar-refractivity contribution in [3.8, 4) is 5.82 Å². The van der Waals surface area contributed by atoms with E-state index in [4.69, 9.17) is 4.63 Å². The SMILES string of the molecule is CN(Cc1ccc2nonc2c1)C(=O)c1ccnc(-n2cnnc2)c1. The largest absolute Gasteiger partial charge is 0.337 e. The van der Waals surface area contributed by atoms with Gasteiger partial charge < -0.3 is 4.90 Å². The lowest BCUT2D eigenvalue weighted by atomic mass is 10.1. The first-order valence-corrected chi connectivity index (χ1v) is 7.48. The summed E-state index contributed by atoms with van der Waals surface area (Å²) in [5, 5.41) is 15.1. The van der Waals surface area contributed by atoms with Crippen LogP contribution < -0.4 is 0 Å². The van der Waals surface area contributed by atoms with Gasteiger partial charge in [-0.2, -0.15) is 0 Å². The van der Waals surface area contributed by atoms with Gasteiger partial charge in [-0.25, -0.2) is 9.61 Å². The van der Waals surface area contributed by atoms with Crippen LogP contribution in [0.1, 0.15) is 15.9 Å². The Kier molecular flexibility index (Phi) is 3.65. The highest BCUT2D eigenvalue weighted by Crippen LogP contribution is 2.15. The van der Waals surface area contributed by atoms with Crippen LogP contribution in [0, 0.1) is 0 Å². The molecule has 0 atom stereocenters. The predicted octanol–water partition coefficient (Wildman–Crippen LogP) is 1.47. The Hall–Kier alpha value is -3.62. The molecule has 0 spiro atoms. The van der Waals surface area contributed by atoms with E-state index in [-0.39, 0.29) is 5.91 Å². The van der Waals surface area contributed by atoms with Crippen LogP contribution in [0.5, 0.6) is 0 Å². The molecule has 0 aliphatic carbocycles. The topological polar surface area (TPSA) is 103 Å². The zero-order chi connectivity index (χ0) is 17.2. The molecule has 0 aliphatic heterocycles. The summed E-state index contributed by atoms with van der Waals surface area (Å²) in [4.78, 5) is 18.5. The Labute approximate surface area is 141 Å². The first kappa shape index (κ1) is 14.9. The highest BCUT2D eigenvalue weighted by molar-refractivity contribution is 5.94. The number of amides is 1. The van der Waals surface area contributed by atoms with Crippen molar-refractivity contribution in [3.63, 3.8) is 0 Å². The molecule has 0 saturated heterocycles. The van der Waals surface area contributed by atoms with Gasteiger partial charge in [-0.1, -0.05) is 6.07 Å². The summed E-state index contributed by atoms with van der Waals surface area (Å²) < 4.78 is 6.33. The Morgan fingerprint density at radius 1 is 1.12 bits per heavy atom. The molecule has 0 unspecified atom stereocenters. The van der Waals surface area contributed by atoms with Crippen LogP contribution in [-0.2, 0) is 6.54 Å². The van der Waals surface area contributed by atoms with Crippen LogP contribution in [0.4, 0.5) is 0 Å². The molecule has 0 saturated carbocycles. The third kappa shape index (κ3) is 2.94. The standard InChI is InChI=1S/C16H13N7O2/c1-22(8-11-2-3-13-14(6-11)21-25-20-13)16(24)12-4-5-17-15(7-12)23-9-18-19-10-23/h2-7,9-10H,8H2,1H3. The molecule has 9 nitrogen and oxygen atoms in total. The van der Waals surface area contributed by atoms with Crippen LogP contribution in [0.25, 0.3) is 16.9 Å². The van der Waals surface area contributed by atoms with E-state index in [2.05, 4.69) is 25.5 Å². The lowest BCUT2D eigenvalue weighted by Gasteiger charge is -2.17. The van der Waals surface area contributed by atoms with E-state index in [1.165, 1.54) is 12.7 Å². The average Bonchev–Trinajstić information content (AvgIpc) is 3.32. The van der Waals surface area contributed by atoms with Crippen LogP contribution in [0.15, 0.2) is 53.8 Å². The molecule has 25 heavy (non-hydrogen) atoms. The highest BCUT2D eigenvalue weighted by atomic mass is 16.6. The highest BCUT2D eigenvalue weighted by Gasteiger charge is 2.14. The average molecular weight is 335 g/mol. The zero-order valence-corrected chi connectivity index (χ0v) is 13.3. The minimum atomic E-state index is -0.116. The van der Waals surface area contributed by atoms with Crippen LogP contribution in [0.2, 0.25) is 0 Å². The van der Waals surface area contributed by atoms with Crippen molar-refractivity contribution in [3.05, 3.63) is 60.3 Å². The fraction of sp³-hybridized carbons (Fsp3) is 0.125. The number of fused-ring (bicyclic) bond motifs is 1. The zero-order valence-electron chi connectivity index (χ0n) is 13.3. The third-order valence-electron chi connectivity index (χ3n) is 3.76. The molecule has 0 N–H and O–H groups in total. The molecule has 0 fully saturated rings. The lowest BCUT2D eigenvalue weighted by molar-refractivity contribution is 0.0785. The van der Waals surface area contributed by atoms with Crippen LogP contribution in [-0.4, -0.2) is 47.9 Å². The van der Waals surface area contributed by atoms with E-state index in [0.29, 0.717) is 29.0 Å². The molecule has 0 bridgehead atoms. The van der Waals surface area contributed by atoms with Gasteiger partial charge in [0, 0.05) is 25.4 Å². The predicted molar refractivity (Wildman–Crippen MR) is 86.8 cm³/mol. The summed E-state index contributed by atoms with van der Waals surface area (Å²) in [6.45, 7) is 0.436. The van der Waals surface area contributed by atoms with Crippen molar-refractivity contribution >= 4 is 16.9 Å². The summed E-state index contributed by atoms with van der Waals surface area (Å²) >= 11 is 0. The molecular weight excluding hydrogens is 322 g/mol. The Morgan fingerprint density at radius 2 is 1.92 bits per heavy atom. The van der Waals surface area contributed by atoms with Crippen LogP contribution >= 0.6 is 0 Å². The number of carbonyl (C=O) groups is 1. The molecule has 1 amide bonds. The van der Waals surface area contributed by atoms with Gasteiger partial charge in [-0.15, -0.1) is 10.2 Å². The van der Waals surface area contributed by atoms with E-state index < -0.39 is 0 Å². The number of benzene rings is 1. The van der Waals surface area contributed by atoms with Gasteiger partial charge in [0.2, 0.25) is 0 Å². The van der Waals surface area contributed by atoms with Crippen molar-refractivity contribution in [2.45, 2.75) is 6.54 Å². The molecule has 3 aromatic heterocycles. The van der Waals surface area contributed by atoms with Gasteiger partial charge >= 0.3 is 0 Å². The summed E-state index contributed by atoms with van der Waals surface area (Å²) in [6.07, 6.45) is 4.65. The van der Waals surface area contributed by atoms with Crippen molar-refractivity contribution in [1.82, 2.24) is 35.0 Å². The second kappa shape index (κ2) is 6.11. The summed E-state index contributed by atoms with van der Waals surface area (Å²) in [6, 6.07) is 8.94. The van der Waals surface area contributed by atoms with E-state index in [9.17, 15) is 4.79 Å². The minimum Gasteiger partial charge on any atom is -0.337 e. The van der Waals surface area contributed by atoms with Crippen molar-refractivity contribution < 1.29 is 9.42 Å². The first-order valence-electron chi connectivity index (χ1n) is 7.48. The second-order valence-electron chi connectivity index (χ2n) is 5.52. The number of rotatable bonds is 4. The van der Waals surface area contributed by atoms with Gasteiger partial charge in [0.25, 0.3) is 5.91 Å². The maximum absolute atomic E-state index is 12.7. The third-order valence-corrected chi connectivity index (χ3v) is 3.76. The maximum atomic E-state index is 12.7. The quantitative estimate of drug-likeness (QED) is 0.556. The maximum Gasteiger partial charge on any atom is 0.254 e. The van der Waals surface area contributed by atoms with Crippen molar-refractivity contribution in [2.24, 2.45) is 0 Å². The Bertz CT molecular complexity index is 1030. The summed E-state index contributed by atoms with van der Waals surface area (Å²) in [7, 11) is 1.74. The summed E-state index contributed by atoms with van der Waals surface area (Å²) in [5.74, 6) is 0.467. The number of hydrogen-bond donors (Lipinski definition) is 0. The molecule has 124 valence electrons. The molecule has 1 aromatic carbocycles. The van der Waals surface area contributed by atoms with E-state index in [1.807, 2.05) is 18.2 Å². The lowest BCUT2D eigenvalue weighted by Crippen LogP contribution is -2.26. The van der Waals surface area contributed by atoms with E-state index in [0.717, 1.165) is 5.56 Å². The normalized spacial score (nSPS) is 10.9. The van der Waals surface area contributed by atoms with Gasteiger partial charge in [0.1, 0.15) is 29.5 Å². The second-order valence-corrected chi connectivity index (χ2v) is 5.52. The van der Waals surface area contributed by atoms with Gasteiger partial charge in [0.05, 0.1) is 0 Å². The fourth-order valence-electron chi connectivity index (χ4n) is 2.50. The van der Waals surface area contributed by atoms with Crippen molar-refractivity contribution in [1.29, 1.82) is 0 Å². The molecule has 3 heterocycles. The van der Waals surface area contributed by atoms with E-state index >= 15 is 0 Å². The number of pyridine rings is 1. The number of hydrogen-bond acceptors (Lipinski definition) is 7. The van der Waals surface area contributed by atoms with E-state index in [1.54, 1.807) is 34.8 Å². The number of carbonyl (C=O) groups excluding carboxylic acids is 1. The van der Waals surface area contributed by atoms with Gasteiger partial charge in [-0.3, -0.25) is 9.36 Å². The number of nitrogens with zero attached hydrogens (tertiary/aromatic N) is 7. The minimum absolute atomic E-state index is 0.116. The monoisotopic (exact) mass is 335 g/mol. The molecule has 0 aliphatic rings. The molecule has 9 heteroatoms. The first-order chi connectivity index (χ1) is 12.2. The molecule has 4 rings (SSSR count). The smallest absolute Gasteiger partial charge is 0.254 e. The van der Waals surface area contributed by atoms with Crippen LogP contribution in [0.3, 0.4) is 0 Å². The molecule has 4 aromatic rings. The molecule has 0 radical (unpaired) electrons. The Balaban J connectivity index is 1.54. The number of aromatic nitrogens is 6. The summed E-state index contributed by atoms with van der Waals surface area (Å²) in [5.41, 5.74) is 2.82. The van der Waals surface area contributed by atoms with Gasteiger partial charge in [-0.05, 0) is 40.1 Å². The van der Waals surface area contributed by atoms with Gasteiger partial charge in [0.15, 0.2) is 0 Å².